The highest BCUT2D eigenvalue weighted by molar-refractivity contribution is 8.00. The summed E-state index contributed by atoms with van der Waals surface area (Å²) in [4.78, 5) is 49.3. The molecule has 0 aromatic heterocycles. The number of phenols is 2. The van der Waals surface area contributed by atoms with E-state index < -0.39 is 11.6 Å². The number of thiocarbonyl (C=S) groups is 1. The molecule has 7 rings (SSSR count). The largest absolute Gasteiger partial charge is 0.508 e. The van der Waals surface area contributed by atoms with Gasteiger partial charge in [0.2, 0.25) is 11.8 Å². The number of thioether (sulfide) groups is 1. The zero-order chi connectivity index (χ0) is 40.6. The summed E-state index contributed by atoms with van der Waals surface area (Å²) in [5, 5.41) is 39.6. The number of benzene rings is 3. The van der Waals surface area contributed by atoms with E-state index in [0.717, 1.165) is 63.5 Å². The normalized spacial score (nSPS) is 19.1. The third kappa shape index (κ3) is 9.39. The Labute approximate surface area is 347 Å². The SMILES string of the molecule is O=C(CCCCCNC(=O)CCCCC1SCC2NC(=O)NC21)NCCCCCNC(=S)Nc1ccc2c(c1)C1(OC2=O)c2ccc(O)cc2Oc2cc(O)ccc21. The summed E-state index contributed by atoms with van der Waals surface area (Å²) in [7, 11) is 0. The van der Waals surface area contributed by atoms with Crippen molar-refractivity contribution >= 4 is 58.6 Å². The molecule has 2 saturated heterocycles. The van der Waals surface area contributed by atoms with Crippen LogP contribution < -0.4 is 36.6 Å². The molecular formula is C42H50N6O8S2. The molecule has 3 aromatic rings. The number of nitrogens with one attached hydrogen (secondary N) is 6. The Morgan fingerprint density at radius 3 is 2.05 bits per heavy atom. The van der Waals surface area contributed by atoms with Crippen molar-refractivity contribution < 1.29 is 38.9 Å². The molecule has 14 nitrogen and oxygen atoms in total. The van der Waals surface area contributed by atoms with Gasteiger partial charge in [-0.15, -0.1) is 0 Å². The molecule has 3 unspecified atom stereocenters. The zero-order valence-corrected chi connectivity index (χ0v) is 33.8. The number of esters is 1. The maximum absolute atomic E-state index is 13.2. The van der Waals surface area contributed by atoms with Crippen LogP contribution in [-0.2, 0) is 19.9 Å². The van der Waals surface area contributed by atoms with E-state index in [1.807, 2.05) is 17.8 Å². The molecule has 0 aliphatic carbocycles. The third-order valence-electron chi connectivity index (χ3n) is 11.0. The number of fused-ring (bicyclic) bond motifs is 7. The van der Waals surface area contributed by atoms with Gasteiger partial charge in [0, 0.05) is 78.0 Å². The van der Waals surface area contributed by atoms with Crippen LogP contribution in [0.1, 0.15) is 97.7 Å². The van der Waals surface area contributed by atoms with Crippen molar-refractivity contribution in [3.63, 3.8) is 0 Å². The summed E-state index contributed by atoms with van der Waals surface area (Å²) >= 11 is 7.47. The van der Waals surface area contributed by atoms with Gasteiger partial charge >= 0.3 is 12.0 Å². The Balaban J connectivity index is 0.746. The van der Waals surface area contributed by atoms with Gasteiger partial charge in [-0.25, -0.2) is 9.59 Å². The summed E-state index contributed by atoms with van der Waals surface area (Å²) in [5.41, 5.74) is 1.32. The van der Waals surface area contributed by atoms with Crippen LogP contribution in [0.2, 0.25) is 0 Å². The van der Waals surface area contributed by atoms with E-state index in [9.17, 15) is 29.4 Å². The average Bonchev–Trinajstić information content (AvgIpc) is 3.84. The average molecular weight is 831 g/mol. The van der Waals surface area contributed by atoms with E-state index in [1.54, 1.807) is 24.3 Å². The minimum absolute atomic E-state index is 0.0163. The predicted molar refractivity (Wildman–Crippen MR) is 225 cm³/mol. The van der Waals surface area contributed by atoms with Crippen LogP contribution in [0.5, 0.6) is 23.0 Å². The van der Waals surface area contributed by atoms with E-state index in [2.05, 4.69) is 31.9 Å². The second-order valence-corrected chi connectivity index (χ2v) is 16.8. The Hall–Kier alpha value is -5.22. The van der Waals surface area contributed by atoms with E-state index in [0.29, 0.717) is 82.3 Å². The minimum atomic E-state index is -1.37. The molecule has 3 atom stereocenters. The Bertz CT molecular complexity index is 2000. The Kier molecular flexibility index (Phi) is 13.1. The number of hydrogen-bond donors (Lipinski definition) is 8. The molecule has 1 spiro atoms. The first kappa shape index (κ1) is 41.0. The van der Waals surface area contributed by atoms with Gasteiger partial charge in [0.25, 0.3) is 0 Å². The molecule has 2 fully saturated rings. The maximum atomic E-state index is 13.2. The summed E-state index contributed by atoms with van der Waals surface area (Å²) in [6.07, 6.45) is 8.89. The maximum Gasteiger partial charge on any atom is 0.340 e. The van der Waals surface area contributed by atoms with Gasteiger partial charge in [-0.1, -0.05) is 12.8 Å². The highest BCUT2D eigenvalue weighted by Gasteiger charge is 2.54. The fraction of sp³-hybridized carbons (Fsp3) is 0.452. The molecule has 4 aliphatic rings. The number of urea groups is 1. The molecule has 0 radical (unpaired) electrons. The van der Waals surface area contributed by atoms with E-state index in [4.69, 9.17) is 21.7 Å². The van der Waals surface area contributed by atoms with Gasteiger partial charge in [0.15, 0.2) is 10.7 Å². The monoisotopic (exact) mass is 830 g/mol. The van der Waals surface area contributed by atoms with Crippen molar-refractivity contribution in [3.05, 3.63) is 76.9 Å². The fourth-order valence-corrected chi connectivity index (χ4v) is 9.84. The van der Waals surface area contributed by atoms with Gasteiger partial charge in [-0.05, 0) is 99.6 Å². The highest BCUT2D eigenvalue weighted by Crippen LogP contribution is 2.57. The molecule has 0 bridgehead atoms. The molecule has 4 heterocycles. The second-order valence-electron chi connectivity index (χ2n) is 15.1. The summed E-state index contributed by atoms with van der Waals surface area (Å²) < 4.78 is 12.2. The predicted octanol–water partition coefficient (Wildman–Crippen LogP) is 5.64. The van der Waals surface area contributed by atoms with Gasteiger partial charge in [0.1, 0.15) is 23.0 Å². The zero-order valence-electron chi connectivity index (χ0n) is 32.2. The number of rotatable bonds is 18. The second kappa shape index (κ2) is 18.6. The van der Waals surface area contributed by atoms with Crippen molar-refractivity contribution in [3.8, 4) is 23.0 Å². The molecule has 16 heteroatoms. The van der Waals surface area contributed by atoms with Crippen molar-refractivity contribution in [1.29, 1.82) is 0 Å². The topological polar surface area (TPSA) is 199 Å². The van der Waals surface area contributed by atoms with Crippen LogP contribution in [0, 0.1) is 0 Å². The van der Waals surface area contributed by atoms with Gasteiger partial charge < -0.3 is 51.6 Å². The first-order chi connectivity index (χ1) is 28.1. The quantitative estimate of drug-likeness (QED) is 0.0340. The molecule has 58 heavy (non-hydrogen) atoms. The minimum Gasteiger partial charge on any atom is -0.508 e. The van der Waals surface area contributed by atoms with Gasteiger partial charge in [-0.3, -0.25) is 9.59 Å². The first-order valence-corrected chi connectivity index (χ1v) is 21.6. The summed E-state index contributed by atoms with van der Waals surface area (Å²) in [6.45, 7) is 1.87. The number of amides is 4. The lowest BCUT2D eigenvalue weighted by atomic mass is 9.77. The van der Waals surface area contributed by atoms with Crippen LogP contribution in [0.15, 0.2) is 54.6 Å². The van der Waals surface area contributed by atoms with Crippen LogP contribution in [0.25, 0.3) is 0 Å². The molecule has 3 aromatic carbocycles. The number of anilines is 1. The molecule has 4 aliphatic heterocycles. The molecular weight excluding hydrogens is 781 g/mol. The van der Waals surface area contributed by atoms with Crippen molar-refractivity contribution in [1.82, 2.24) is 26.6 Å². The molecule has 0 saturated carbocycles. The van der Waals surface area contributed by atoms with Crippen molar-refractivity contribution in [2.75, 3.05) is 30.7 Å². The lowest BCUT2D eigenvalue weighted by molar-refractivity contribution is -0.122. The van der Waals surface area contributed by atoms with Crippen LogP contribution in [0.3, 0.4) is 0 Å². The third-order valence-corrected chi connectivity index (χ3v) is 12.7. The van der Waals surface area contributed by atoms with Gasteiger partial charge in [0.05, 0.1) is 17.6 Å². The number of carbonyl (C=O) groups excluding carboxylic acids is 4. The molecule has 4 amide bonds. The smallest absolute Gasteiger partial charge is 0.340 e. The number of phenolic OH excluding ortho intramolecular Hbond substituents is 2. The van der Waals surface area contributed by atoms with Gasteiger partial charge in [-0.2, -0.15) is 11.8 Å². The molecule has 308 valence electrons. The highest BCUT2D eigenvalue weighted by atomic mass is 32.2. The van der Waals surface area contributed by atoms with Crippen LogP contribution >= 0.6 is 24.0 Å². The fourth-order valence-electron chi connectivity index (χ4n) is 8.07. The first-order valence-electron chi connectivity index (χ1n) is 20.1. The Morgan fingerprint density at radius 2 is 1.38 bits per heavy atom. The van der Waals surface area contributed by atoms with E-state index in [-0.39, 0.29) is 41.4 Å². The van der Waals surface area contributed by atoms with E-state index in [1.165, 1.54) is 24.3 Å². The van der Waals surface area contributed by atoms with Crippen LogP contribution in [-0.4, -0.2) is 81.9 Å². The van der Waals surface area contributed by atoms with Crippen LogP contribution in [0.4, 0.5) is 10.5 Å². The number of hydrogen-bond acceptors (Lipinski definition) is 10. The lowest BCUT2D eigenvalue weighted by Crippen LogP contribution is -2.36. The number of aromatic hydroxyl groups is 2. The summed E-state index contributed by atoms with van der Waals surface area (Å²) in [6, 6.07) is 14.9. The number of carbonyl (C=O) groups is 4. The Morgan fingerprint density at radius 1 is 0.759 bits per heavy atom. The standard InChI is InChI=1S/C42H50N6O8S2/c49-26-13-16-29-33(22-26)55-34-23-27(50)14-17-30(34)42(29)31-21-25(12-15-28(31)39(53)56-42)46-41(57)45-20-8-2-7-19-44-36(51)10-3-1-6-18-43-37(52)11-5-4-9-35-38-32(24-58-35)47-40(54)48-38/h12-17,21-23,32,35,38,49-50H,1-11,18-20,24H2,(H,43,52)(H,44,51)(H2,45,46,57)(H2,47,48,54). The molecule has 8 N–H and O–H groups in total. The summed E-state index contributed by atoms with van der Waals surface area (Å²) in [5.74, 6) is 1.13. The lowest BCUT2D eigenvalue weighted by Gasteiger charge is -2.36. The van der Waals surface area contributed by atoms with E-state index >= 15 is 0 Å². The van der Waals surface area contributed by atoms with Crippen molar-refractivity contribution in [2.24, 2.45) is 0 Å². The van der Waals surface area contributed by atoms with Crippen molar-refractivity contribution in [2.45, 2.75) is 93.6 Å². The number of unbranched alkanes of at least 4 members (excludes halogenated alkanes) is 5. The number of ether oxygens (including phenoxy) is 2.